The summed E-state index contributed by atoms with van der Waals surface area (Å²) in [6, 6.07) is 2.94. The maximum atomic E-state index is 12.1. The van der Waals surface area contributed by atoms with Gasteiger partial charge in [-0.25, -0.2) is 13.1 Å². The summed E-state index contributed by atoms with van der Waals surface area (Å²) >= 11 is 0. The lowest BCUT2D eigenvalue weighted by Crippen LogP contribution is -2.54. The number of nitrogens with one attached hydrogen (secondary N) is 1. The topological polar surface area (TPSA) is 86.0 Å². The first-order chi connectivity index (χ1) is 9.42. The summed E-state index contributed by atoms with van der Waals surface area (Å²) in [6.45, 7) is 2.74. The molecule has 1 unspecified atom stereocenters. The summed E-state index contributed by atoms with van der Waals surface area (Å²) < 4.78 is 31.8. The Labute approximate surface area is 119 Å². The molecule has 2 heterocycles. The van der Waals surface area contributed by atoms with Crippen molar-refractivity contribution in [3.63, 3.8) is 0 Å². The van der Waals surface area contributed by atoms with Gasteiger partial charge in [-0.2, -0.15) is 0 Å². The highest BCUT2D eigenvalue weighted by Gasteiger charge is 2.25. The second-order valence-corrected chi connectivity index (χ2v) is 6.83. The zero-order valence-electron chi connectivity index (χ0n) is 11.7. The van der Waals surface area contributed by atoms with Crippen molar-refractivity contribution in [1.82, 2.24) is 14.5 Å². The molecule has 0 aliphatic carbocycles. The third-order valence-corrected chi connectivity index (χ3v) is 4.84. The van der Waals surface area contributed by atoms with Crippen molar-refractivity contribution in [3.05, 3.63) is 17.9 Å². The van der Waals surface area contributed by atoms with E-state index in [1.165, 1.54) is 12.1 Å². The van der Waals surface area contributed by atoms with Crippen molar-refractivity contribution in [2.75, 3.05) is 40.3 Å². The number of piperazine rings is 1. The maximum absolute atomic E-state index is 12.1. The summed E-state index contributed by atoms with van der Waals surface area (Å²) in [6.07, 6.45) is 0. The number of likely N-dealkylation sites (N-methyl/N-ethyl adjacent to an activating group) is 2. The molecule has 1 saturated heterocycles. The molecule has 1 aliphatic rings. The van der Waals surface area contributed by atoms with Gasteiger partial charge in [0.15, 0.2) is 0 Å². The van der Waals surface area contributed by atoms with Gasteiger partial charge in [-0.3, -0.25) is 4.90 Å². The van der Waals surface area contributed by atoms with E-state index in [2.05, 4.69) is 14.5 Å². The molecular formula is C12H21N3O4S. The second-order valence-electron chi connectivity index (χ2n) is 5.13. The normalized spacial score (nSPS) is 22.2. The first kappa shape index (κ1) is 15.5. The lowest BCUT2D eigenvalue weighted by Gasteiger charge is -2.37. The Hall–Kier alpha value is -0.930. The number of furan rings is 1. The molecule has 0 bridgehead atoms. The van der Waals surface area contributed by atoms with Crippen LogP contribution < -0.4 is 4.72 Å². The van der Waals surface area contributed by atoms with Gasteiger partial charge < -0.3 is 14.4 Å². The minimum atomic E-state index is -3.66. The molecule has 2 rings (SSSR count). The summed E-state index contributed by atoms with van der Waals surface area (Å²) in [7, 11) is 0.348. The van der Waals surface area contributed by atoms with E-state index in [1.54, 1.807) is 0 Å². The van der Waals surface area contributed by atoms with E-state index in [4.69, 9.17) is 9.52 Å². The van der Waals surface area contributed by atoms with Crippen LogP contribution in [0.4, 0.5) is 0 Å². The fourth-order valence-electron chi connectivity index (χ4n) is 2.19. The van der Waals surface area contributed by atoms with E-state index in [1.807, 2.05) is 14.1 Å². The van der Waals surface area contributed by atoms with Gasteiger partial charge in [0.1, 0.15) is 12.4 Å². The van der Waals surface area contributed by atoms with Gasteiger partial charge >= 0.3 is 0 Å². The molecule has 0 amide bonds. The van der Waals surface area contributed by atoms with Gasteiger partial charge in [0.2, 0.25) is 5.09 Å². The van der Waals surface area contributed by atoms with E-state index in [0.717, 1.165) is 19.6 Å². The van der Waals surface area contributed by atoms with Gasteiger partial charge in [-0.1, -0.05) is 0 Å². The Balaban J connectivity index is 1.98. The van der Waals surface area contributed by atoms with Crippen molar-refractivity contribution in [3.8, 4) is 0 Å². The van der Waals surface area contributed by atoms with Crippen LogP contribution in [-0.2, 0) is 16.6 Å². The minimum absolute atomic E-state index is 0.135. The third kappa shape index (κ3) is 3.58. The van der Waals surface area contributed by atoms with E-state index >= 15 is 0 Å². The average Bonchev–Trinajstić information content (AvgIpc) is 2.89. The lowest BCUT2D eigenvalue weighted by molar-refractivity contribution is 0.117. The second kappa shape index (κ2) is 6.23. The summed E-state index contributed by atoms with van der Waals surface area (Å²) in [4.78, 5) is 4.32. The van der Waals surface area contributed by atoms with Crippen LogP contribution >= 0.6 is 0 Å². The third-order valence-electron chi connectivity index (χ3n) is 3.55. The minimum Gasteiger partial charge on any atom is -0.446 e. The Morgan fingerprint density at radius 1 is 1.40 bits per heavy atom. The van der Waals surface area contributed by atoms with Gasteiger partial charge in [0.05, 0.1) is 0 Å². The molecule has 0 spiro atoms. The molecule has 1 aromatic heterocycles. The summed E-state index contributed by atoms with van der Waals surface area (Å²) in [5.41, 5.74) is 0. The Morgan fingerprint density at radius 2 is 2.15 bits per heavy atom. The smallest absolute Gasteiger partial charge is 0.274 e. The lowest BCUT2D eigenvalue weighted by atomic mass is 10.2. The van der Waals surface area contributed by atoms with Crippen LogP contribution in [0.3, 0.4) is 0 Å². The van der Waals surface area contributed by atoms with Crippen LogP contribution in [0.25, 0.3) is 0 Å². The Bertz CT molecular complexity index is 543. The van der Waals surface area contributed by atoms with Crippen molar-refractivity contribution in [2.45, 2.75) is 17.7 Å². The average molecular weight is 303 g/mol. The maximum Gasteiger partial charge on any atom is 0.274 e. The highest BCUT2D eigenvalue weighted by atomic mass is 32.2. The molecule has 1 aliphatic heterocycles. The predicted molar refractivity (Wildman–Crippen MR) is 73.7 cm³/mol. The number of hydrogen-bond acceptors (Lipinski definition) is 6. The Kier molecular flexibility index (Phi) is 4.82. The molecule has 20 heavy (non-hydrogen) atoms. The van der Waals surface area contributed by atoms with Gasteiger partial charge in [0, 0.05) is 32.2 Å². The highest BCUT2D eigenvalue weighted by Crippen LogP contribution is 2.14. The van der Waals surface area contributed by atoms with Crippen LogP contribution in [0.2, 0.25) is 0 Å². The molecule has 7 nitrogen and oxygen atoms in total. The van der Waals surface area contributed by atoms with Crippen LogP contribution in [0.1, 0.15) is 5.76 Å². The Morgan fingerprint density at radius 3 is 2.80 bits per heavy atom. The van der Waals surface area contributed by atoms with E-state index in [0.29, 0.717) is 6.54 Å². The van der Waals surface area contributed by atoms with E-state index in [9.17, 15) is 8.42 Å². The molecule has 0 saturated carbocycles. The van der Waals surface area contributed by atoms with Gasteiger partial charge in [-0.15, -0.1) is 0 Å². The first-order valence-corrected chi connectivity index (χ1v) is 7.98. The fraction of sp³-hybridized carbons (Fsp3) is 0.667. The SMILES string of the molecule is CN1CCN(C)C(CNS(=O)(=O)c2ccc(CO)o2)C1. The fourth-order valence-corrected chi connectivity index (χ4v) is 3.20. The van der Waals surface area contributed by atoms with Crippen molar-refractivity contribution in [1.29, 1.82) is 0 Å². The molecule has 114 valence electrons. The largest absolute Gasteiger partial charge is 0.446 e. The van der Waals surface area contributed by atoms with Gasteiger partial charge in [-0.05, 0) is 26.2 Å². The number of rotatable bonds is 5. The standard InChI is InChI=1S/C12H21N3O4S/c1-14-5-6-15(2)10(8-14)7-13-20(17,18)12-4-3-11(9-16)19-12/h3-4,10,13,16H,5-9H2,1-2H3. The van der Waals surface area contributed by atoms with Gasteiger partial charge in [0.25, 0.3) is 10.0 Å². The van der Waals surface area contributed by atoms with Crippen LogP contribution in [0.5, 0.6) is 0 Å². The first-order valence-electron chi connectivity index (χ1n) is 6.50. The number of aliphatic hydroxyl groups excluding tert-OH is 1. The molecule has 0 radical (unpaired) electrons. The van der Waals surface area contributed by atoms with E-state index in [-0.39, 0.29) is 23.5 Å². The molecule has 8 heteroatoms. The number of aliphatic hydroxyl groups is 1. The molecule has 1 atom stereocenters. The highest BCUT2D eigenvalue weighted by molar-refractivity contribution is 7.89. The molecule has 1 fully saturated rings. The van der Waals surface area contributed by atoms with Crippen LogP contribution in [0.15, 0.2) is 21.6 Å². The monoisotopic (exact) mass is 303 g/mol. The quantitative estimate of drug-likeness (QED) is 0.748. The number of hydrogen-bond donors (Lipinski definition) is 2. The van der Waals surface area contributed by atoms with Crippen LogP contribution in [-0.4, -0.2) is 69.6 Å². The predicted octanol–water partition coefficient (Wildman–Crippen LogP) is -0.704. The van der Waals surface area contributed by atoms with E-state index < -0.39 is 10.0 Å². The van der Waals surface area contributed by atoms with Crippen molar-refractivity contribution < 1.29 is 17.9 Å². The molecule has 0 aromatic carbocycles. The zero-order valence-corrected chi connectivity index (χ0v) is 12.6. The van der Waals surface area contributed by atoms with Crippen molar-refractivity contribution >= 4 is 10.0 Å². The zero-order chi connectivity index (χ0) is 14.8. The summed E-state index contributed by atoms with van der Waals surface area (Å²) in [5, 5.41) is 8.73. The number of nitrogens with zero attached hydrogens (tertiary/aromatic N) is 2. The summed E-state index contributed by atoms with van der Waals surface area (Å²) in [5.74, 6) is 0.236. The molecular weight excluding hydrogens is 282 g/mol. The van der Waals surface area contributed by atoms with Crippen molar-refractivity contribution in [2.24, 2.45) is 0 Å². The molecule has 2 N–H and O–H groups in total. The molecule has 1 aromatic rings. The van der Waals surface area contributed by atoms with Crippen LogP contribution in [0, 0.1) is 0 Å². The number of sulfonamides is 1.